The summed E-state index contributed by atoms with van der Waals surface area (Å²) >= 11 is 6.89. The number of amides is 1. The highest BCUT2D eigenvalue weighted by Crippen LogP contribution is 2.32. The fourth-order valence-corrected chi connectivity index (χ4v) is 2.82. The van der Waals surface area contributed by atoms with Crippen LogP contribution in [0.4, 0.5) is 5.00 Å². The zero-order chi connectivity index (χ0) is 14.9. The second kappa shape index (κ2) is 5.60. The molecule has 0 fully saturated rings. The highest BCUT2D eigenvalue weighted by Gasteiger charge is 2.20. The molecule has 1 amide bonds. The van der Waals surface area contributed by atoms with Crippen molar-refractivity contribution < 1.29 is 14.7 Å². The minimum Gasteiger partial charge on any atom is -0.478 e. The number of pyridine rings is 1. The molecule has 0 bridgehead atoms. The van der Waals surface area contributed by atoms with Crippen molar-refractivity contribution in [1.82, 2.24) is 4.98 Å². The molecule has 0 saturated heterocycles. The lowest BCUT2D eigenvalue weighted by molar-refractivity contribution is 0.0697. The Balaban J connectivity index is 2.30. The number of carbonyl (C=O) groups excluding carboxylic acids is 1. The second-order valence-corrected chi connectivity index (χ2v) is 5.73. The van der Waals surface area contributed by atoms with Gasteiger partial charge in [-0.05, 0) is 31.5 Å². The van der Waals surface area contributed by atoms with Crippen LogP contribution < -0.4 is 5.32 Å². The monoisotopic (exact) mass is 310 g/mol. The fraction of sp³-hybridized carbons (Fsp3) is 0.154. The first-order chi connectivity index (χ1) is 9.40. The Kier molecular flexibility index (Phi) is 4.06. The van der Waals surface area contributed by atoms with Crippen LogP contribution in [0, 0.1) is 13.8 Å². The van der Waals surface area contributed by atoms with E-state index in [0.29, 0.717) is 16.1 Å². The molecule has 0 aliphatic carbocycles. The fourth-order valence-electron chi connectivity index (χ4n) is 1.66. The predicted molar refractivity (Wildman–Crippen MR) is 78.0 cm³/mol. The minimum atomic E-state index is -1.06. The van der Waals surface area contributed by atoms with E-state index in [2.05, 4.69) is 10.3 Å². The Hall–Kier alpha value is -1.92. The number of carboxylic acid groups (broad SMARTS) is 1. The van der Waals surface area contributed by atoms with Crippen LogP contribution in [0.5, 0.6) is 0 Å². The van der Waals surface area contributed by atoms with E-state index in [1.54, 1.807) is 6.92 Å². The third-order valence-electron chi connectivity index (χ3n) is 2.82. The molecule has 0 saturated carbocycles. The van der Waals surface area contributed by atoms with Gasteiger partial charge in [0.05, 0.1) is 11.1 Å². The highest BCUT2D eigenvalue weighted by molar-refractivity contribution is 7.16. The minimum absolute atomic E-state index is 0.128. The van der Waals surface area contributed by atoms with Crippen molar-refractivity contribution in [3.8, 4) is 0 Å². The molecule has 0 atom stereocenters. The molecule has 2 aromatic heterocycles. The average molecular weight is 311 g/mol. The average Bonchev–Trinajstić information content (AvgIpc) is 2.65. The van der Waals surface area contributed by atoms with Crippen LogP contribution in [0.3, 0.4) is 0 Å². The van der Waals surface area contributed by atoms with E-state index in [0.717, 1.165) is 4.88 Å². The number of nitrogens with one attached hydrogen (secondary N) is 1. The van der Waals surface area contributed by atoms with Crippen molar-refractivity contribution in [2.45, 2.75) is 13.8 Å². The van der Waals surface area contributed by atoms with Gasteiger partial charge in [0.1, 0.15) is 10.2 Å². The number of aryl methyl sites for hydroxylation is 1. The largest absolute Gasteiger partial charge is 0.478 e. The van der Waals surface area contributed by atoms with Crippen LogP contribution in [-0.2, 0) is 0 Å². The van der Waals surface area contributed by atoms with Gasteiger partial charge in [-0.1, -0.05) is 11.6 Å². The maximum Gasteiger partial charge on any atom is 0.338 e. The van der Waals surface area contributed by atoms with Gasteiger partial charge < -0.3 is 10.4 Å². The SMILES string of the molecule is Cc1sc(NC(=O)c2ccc(Cl)nc2)c(C(=O)O)c1C. The number of halogens is 1. The lowest BCUT2D eigenvalue weighted by atomic mass is 10.1. The molecule has 2 rings (SSSR count). The molecule has 20 heavy (non-hydrogen) atoms. The number of carboxylic acids is 1. The lowest BCUT2D eigenvalue weighted by Crippen LogP contribution is -2.13. The van der Waals surface area contributed by atoms with Crippen LogP contribution >= 0.6 is 22.9 Å². The van der Waals surface area contributed by atoms with Crippen LogP contribution in [0.25, 0.3) is 0 Å². The van der Waals surface area contributed by atoms with Crippen molar-refractivity contribution in [3.63, 3.8) is 0 Å². The van der Waals surface area contributed by atoms with E-state index >= 15 is 0 Å². The maximum atomic E-state index is 12.0. The Morgan fingerprint density at radius 1 is 1.35 bits per heavy atom. The summed E-state index contributed by atoms with van der Waals surface area (Å²) in [6, 6.07) is 3.03. The first-order valence-corrected chi connectivity index (χ1v) is 6.85. The quantitative estimate of drug-likeness (QED) is 0.852. The Labute approximate surface area is 124 Å². The summed E-state index contributed by atoms with van der Waals surface area (Å²) in [5.74, 6) is -1.48. The van der Waals surface area contributed by atoms with E-state index in [1.807, 2.05) is 6.92 Å². The van der Waals surface area contributed by atoms with E-state index in [4.69, 9.17) is 11.6 Å². The van der Waals surface area contributed by atoms with Gasteiger partial charge in [0, 0.05) is 11.1 Å². The summed E-state index contributed by atoms with van der Waals surface area (Å²) in [5.41, 5.74) is 1.10. The molecule has 0 aliphatic rings. The number of carbonyl (C=O) groups is 2. The summed E-state index contributed by atoms with van der Waals surface area (Å²) in [6.45, 7) is 3.53. The van der Waals surface area contributed by atoms with Crippen LogP contribution in [0.2, 0.25) is 5.15 Å². The van der Waals surface area contributed by atoms with Crippen LogP contribution in [0.1, 0.15) is 31.2 Å². The molecule has 0 aliphatic heterocycles. The highest BCUT2D eigenvalue weighted by atomic mass is 35.5. The molecule has 7 heteroatoms. The summed E-state index contributed by atoms with van der Waals surface area (Å²) in [5, 5.41) is 12.4. The molecular formula is C13H11ClN2O3S. The number of aromatic nitrogens is 1. The van der Waals surface area contributed by atoms with Crippen molar-refractivity contribution in [2.24, 2.45) is 0 Å². The summed E-state index contributed by atoms with van der Waals surface area (Å²) in [7, 11) is 0. The van der Waals surface area contributed by atoms with E-state index in [9.17, 15) is 14.7 Å². The van der Waals surface area contributed by atoms with Crippen molar-refractivity contribution >= 4 is 39.8 Å². The van der Waals surface area contributed by atoms with E-state index in [-0.39, 0.29) is 10.7 Å². The molecule has 2 aromatic rings. The smallest absolute Gasteiger partial charge is 0.338 e. The lowest BCUT2D eigenvalue weighted by Gasteiger charge is -2.04. The number of thiophene rings is 1. The van der Waals surface area contributed by atoms with E-state index < -0.39 is 11.9 Å². The van der Waals surface area contributed by atoms with E-state index in [1.165, 1.54) is 29.7 Å². The molecule has 2 heterocycles. The van der Waals surface area contributed by atoms with Gasteiger partial charge >= 0.3 is 5.97 Å². The van der Waals surface area contributed by atoms with Gasteiger partial charge in [-0.25, -0.2) is 9.78 Å². The summed E-state index contributed by atoms with van der Waals surface area (Å²) in [6.07, 6.45) is 1.34. The van der Waals surface area contributed by atoms with Gasteiger partial charge in [-0.3, -0.25) is 4.79 Å². The molecule has 0 aromatic carbocycles. The van der Waals surface area contributed by atoms with Crippen LogP contribution in [-0.4, -0.2) is 22.0 Å². The van der Waals surface area contributed by atoms with Gasteiger partial charge in [-0.15, -0.1) is 11.3 Å². The van der Waals surface area contributed by atoms with Crippen LogP contribution in [0.15, 0.2) is 18.3 Å². The summed E-state index contributed by atoms with van der Waals surface area (Å²) in [4.78, 5) is 28.0. The van der Waals surface area contributed by atoms with Gasteiger partial charge in [0.2, 0.25) is 0 Å². The first-order valence-electron chi connectivity index (χ1n) is 5.66. The Bertz CT molecular complexity index is 680. The third-order valence-corrected chi connectivity index (χ3v) is 4.16. The standard InChI is InChI=1S/C13H11ClN2O3S/c1-6-7(2)20-12(10(6)13(18)19)16-11(17)8-3-4-9(14)15-5-8/h3-5H,1-2H3,(H,16,17)(H,18,19). The molecule has 0 radical (unpaired) electrons. The zero-order valence-corrected chi connectivity index (χ0v) is 12.3. The molecule has 5 nitrogen and oxygen atoms in total. The van der Waals surface area contributed by atoms with Crippen molar-refractivity contribution in [1.29, 1.82) is 0 Å². The van der Waals surface area contributed by atoms with Gasteiger partial charge in [-0.2, -0.15) is 0 Å². The number of hydrogen-bond acceptors (Lipinski definition) is 4. The first kappa shape index (κ1) is 14.5. The Morgan fingerprint density at radius 3 is 2.60 bits per heavy atom. The zero-order valence-electron chi connectivity index (χ0n) is 10.7. The summed E-state index contributed by atoms with van der Waals surface area (Å²) < 4.78 is 0. The molecule has 2 N–H and O–H groups in total. The number of anilines is 1. The molecule has 0 unspecified atom stereocenters. The molecular weight excluding hydrogens is 300 g/mol. The van der Waals surface area contributed by atoms with Gasteiger partial charge in [0.15, 0.2) is 0 Å². The Morgan fingerprint density at radius 2 is 2.05 bits per heavy atom. The number of hydrogen-bond donors (Lipinski definition) is 2. The topological polar surface area (TPSA) is 79.3 Å². The maximum absolute atomic E-state index is 12.0. The van der Waals surface area contributed by atoms with Crippen molar-refractivity contribution in [3.05, 3.63) is 45.1 Å². The number of rotatable bonds is 3. The normalized spacial score (nSPS) is 10.3. The molecule has 0 spiro atoms. The molecule has 104 valence electrons. The third kappa shape index (κ3) is 2.81. The second-order valence-electron chi connectivity index (χ2n) is 4.12. The van der Waals surface area contributed by atoms with Crippen molar-refractivity contribution in [2.75, 3.05) is 5.32 Å². The predicted octanol–water partition coefficient (Wildman–Crippen LogP) is 3.36. The van der Waals surface area contributed by atoms with Gasteiger partial charge in [0.25, 0.3) is 5.91 Å². The number of aromatic carboxylic acids is 1. The number of nitrogens with zero attached hydrogens (tertiary/aromatic N) is 1.